The molecular weight excluding hydrogens is 330 g/mol. The van der Waals surface area contributed by atoms with Gasteiger partial charge in [0.15, 0.2) is 0 Å². The second-order valence-corrected chi connectivity index (χ2v) is 5.59. The number of hydrogen-bond acceptors (Lipinski definition) is 3. The van der Waals surface area contributed by atoms with Crippen LogP contribution in [0, 0.1) is 0 Å². The molecule has 2 aromatic carbocycles. The number of carboxylic acid groups (broad SMARTS) is 1. The van der Waals surface area contributed by atoms with E-state index in [0.717, 1.165) is 12.8 Å². The summed E-state index contributed by atoms with van der Waals surface area (Å²) >= 11 is 5.82. The van der Waals surface area contributed by atoms with Crippen molar-refractivity contribution in [2.75, 3.05) is 11.9 Å². The Morgan fingerprint density at radius 2 is 2.00 bits per heavy atom. The van der Waals surface area contributed by atoms with E-state index in [2.05, 4.69) is 12.2 Å². The Balaban J connectivity index is 2.11. The van der Waals surface area contributed by atoms with Gasteiger partial charge in [0.2, 0.25) is 0 Å². The van der Waals surface area contributed by atoms with Crippen LogP contribution in [0.15, 0.2) is 42.5 Å². The highest BCUT2D eigenvalue weighted by molar-refractivity contribution is 6.33. The molecular formula is C18H18ClNO4. The largest absolute Gasteiger partial charge is 0.494 e. The van der Waals surface area contributed by atoms with Gasteiger partial charge in [0.25, 0.3) is 5.91 Å². The van der Waals surface area contributed by atoms with Crippen LogP contribution in [0.2, 0.25) is 5.02 Å². The molecule has 0 radical (unpaired) electrons. The standard InChI is InChI=1S/C18H18ClNO4/c1-2-3-9-24-14-6-4-5-12(10-14)17(21)20-13-7-8-16(19)15(11-13)18(22)23/h4-8,10-11H,2-3,9H2,1H3,(H,20,21)(H,22,23). The first-order valence-electron chi connectivity index (χ1n) is 7.58. The molecule has 0 aliphatic rings. The Hall–Kier alpha value is -2.53. The minimum absolute atomic E-state index is 0.0638. The number of nitrogens with one attached hydrogen (secondary N) is 1. The Bertz CT molecular complexity index is 746. The van der Waals surface area contributed by atoms with Gasteiger partial charge in [-0.05, 0) is 42.8 Å². The predicted octanol–water partition coefficient (Wildman–Crippen LogP) is 4.47. The zero-order valence-corrected chi connectivity index (χ0v) is 14.0. The molecule has 0 atom stereocenters. The molecule has 0 aliphatic heterocycles. The molecule has 24 heavy (non-hydrogen) atoms. The lowest BCUT2D eigenvalue weighted by atomic mass is 10.1. The van der Waals surface area contributed by atoms with Crippen molar-refractivity contribution in [1.29, 1.82) is 0 Å². The minimum Gasteiger partial charge on any atom is -0.494 e. The van der Waals surface area contributed by atoms with Crippen molar-refractivity contribution < 1.29 is 19.4 Å². The first-order chi connectivity index (χ1) is 11.5. The lowest BCUT2D eigenvalue weighted by Crippen LogP contribution is -2.12. The summed E-state index contributed by atoms with van der Waals surface area (Å²) in [5.41, 5.74) is 0.723. The Kier molecular flexibility index (Phi) is 6.21. The number of aromatic carboxylic acids is 1. The molecule has 2 N–H and O–H groups in total. The third kappa shape index (κ3) is 4.73. The Labute approximate surface area is 145 Å². The number of unbranched alkanes of at least 4 members (excludes halogenated alkanes) is 1. The molecule has 0 fully saturated rings. The quantitative estimate of drug-likeness (QED) is 0.724. The van der Waals surface area contributed by atoms with E-state index >= 15 is 0 Å². The lowest BCUT2D eigenvalue weighted by Gasteiger charge is -2.09. The van der Waals surface area contributed by atoms with Crippen LogP contribution in [0.1, 0.15) is 40.5 Å². The van der Waals surface area contributed by atoms with Crippen molar-refractivity contribution >= 4 is 29.2 Å². The number of halogens is 1. The molecule has 6 heteroatoms. The Morgan fingerprint density at radius 3 is 2.71 bits per heavy atom. The highest BCUT2D eigenvalue weighted by atomic mass is 35.5. The maximum atomic E-state index is 12.3. The van der Waals surface area contributed by atoms with Gasteiger partial charge in [-0.25, -0.2) is 4.79 Å². The molecule has 0 bridgehead atoms. The minimum atomic E-state index is -1.15. The first-order valence-corrected chi connectivity index (χ1v) is 7.96. The molecule has 0 heterocycles. The monoisotopic (exact) mass is 347 g/mol. The lowest BCUT2D eigenvalue weighted by molar-refractivity contribution is 0.0696. The van der Waals surface area contributed by atoms with Crippen LogP contribution in [0.3, 0.4) is 0 Å². The fraction of sp³-hybridized carbons (Fsp3) is 0.222. The van der Waals surface area contributed by atoms with Gasteiger partial charge in [0.1, 0.15) is 5.75 Å². The average molecular weight is 348 g/mol. The second-order valence-electron chi connectivity index (χ2n) is 5.18. The smallest absolute Gasteiger partial charge is 0.337 e. The first kappa shape index (κ1) is 17.8. The van der Waals surface area contributed by atoms with Gasteiger partial charge in [-0.2, -0.15) is 0 Å². The SMILES string of the molecule is CCCCOc1cccc(C(=O)Nc2ccc(Cl)c(C(=O)O)c2)c1. The van der Waals surface area contributed by atoms with Crippen molar-refractivity contribution in [3.63, 3.8) is 0 Å². The molecule has 126 valence electrons. The van der Waals surface area contributed by atoms with E-state index in [9.17, 15) is 9.59 Å². The van der Waals surface area contributed by atoms with Crippen LogP contribution in [0.25, 0.3) is 0 Å². The second kappa shape index (κ2) is 8.36. The van der Waals surface area contributed by atoms with Crippen LogP contribution in [-0.2, 0) is 0 Å². The Morgan fingerprint density at radius 1 is 1.21 bits per heavy atom. The summed E-state index contributed by atoms with van der Waals surface area (Å²) in [6, 6.07) is 11.1. The van der Waals surface area contributed by atoms with E-state index in [0.29, 0.717) is 23.6 Å². The number of anilines is 1. The highest BCUT2D eigenvalue weighted by Gasteiger charge is 2.12. The van der Waals surface area contributed by atoms with Crippen molar-refractivity contribution in [3.8, 4) is 5.75 Å². The molecule has 0 unspecified atom stereocenters. The van der Waals surface area contributed by atoms with Crippen LogP contribution in [-0.4, -0.2) is 23.6 Å². The summed E-state index contributed by atoms with van der Waals surface area (Å²) in [7, 11) is 0. The van der Waals surface area contributed by atoms with E-state index in [1.807, 2.05) is 0 Å². The number of carbonyl (C=O) groups excluding carboxylic acids is 1. The number of ether oxygens (including phenoxy) is 1. The third-order valence-corrected chi connectivity index (χ3v) is 3.65. The summed E-state index contributed by atoms with van der Waals surface area (Å²) < 4.78 is 5.58. The summed E-state index contributed by atoms with van der Waals surface area (Å²) in [5, 5.41) is 11.8. The van der Waals surface area contributed by atoms with Gasteiger partial charge in [0, 0.05) is 11.3 Å². The fourth-order valence-electron chi connectivity index (χ4n) is 2.03. The van der Waals surface area contributed by atoms with Crippen LogP contribution < -0.4 is 10.1 Å². The summed E-state index contributed by atoms with van der Waals surface area (Å²) in [5.74, 6) is -0.879. The maximum Gasteiger partial charge on any atom is 0.337 e. The van der Waals surface area contributed by atoms with Crippen molar-refractivity contribution in [2.24, 2.45) is 0 Å². The summed E-state index contributed by atoms with van der Waals surface area (Å²) in [4.78, 5) is 23.4. The highest BCUT2D eigenvalue weighted by Crippen LogP contribution is 2.22. The van der Waals surface area contributed by atoms with Gasteiger partial charge in [-0.1, -0.05) is 31.0 Å². The van der Waals surface area contributed by atoms with Crippen molar-refractivity contribution in [1.82, 2.24) is 0 Å². The average Bonchev–Trinajstić information content (AvgIpc) is 2.57. The van der Waals surface area contributed by atoms with Gasteiger partial charge in [0.05, 0.1) is 17.2 Å². The van der Waals surface area contributed by atoms with E-state index in [-0.39, 0.29) is 16.5 Å². The molecule has 0 saturated heterocycles. The van der Waals surface area contributed by atoms with E-state index in [1.165, 1.54) is 12.1 Å². The van der Waals surface area contributed by atoms with E-state index < -0.39 is 5.97 Å². The van der Waals surface area contributed by atoms with Crippen LogP contribution in [0.4, 0.5) is 5.69 Å². The summed E-state index contributed by atoms with van der Waals surface area (Å²) in [6.45, 7) is 2.67. The maximum absolute atomic E-state index is 12.3. The van der Waals surface area contributed by atoms with Crippen molar-refractivity contribution in [2.45, 2.75) is 19.8 Å². The predicted molar refractivity (Wildman–Crippen MR) is 93.2 cm³/mol. The zero-order valence-electron chi connectivity index (χ0n) is 13.2. The fourth-order valence-corrected chi connectivity index (χ4v) is 2.23. The molecule has 0 aromatic heterocycles. The molecule has 1 amide bonds. The summed E-state index contributed by atoms with van der Waals surface area (Å²) in [6.07, 6.45) is 1.97. The number of hydrogen-bond donors (Lipinski definition) is 2. The number of carboxylic acids is 1. The molecule has 0 aliphatic carbocycles. The van der Waals surface area contributed by atoms with Crippen molar-refractivity contribution in [3.05, 3.63) is 58.6 Å². The number of amides is 1. The van der Waals surface area contributed by atoms with Gasteiger partial charge >= 0.3 is 5.97 Å². The molecule has 2 aromatic rings. The molecule has 5 nitrogen and oxygen atoms in total. The third-order valence-electron chi connectivity index (χ3n) is 3.32. The number of benzene rings is 2. The van der Waals surface area contributed by atoms with Crippen LogP contribution in [0.5, 0.6) is 5.75 Å². The van der Waals surface area contributed by atoms with E-state index in [1.54, 1.807) is 30.3 Å². The topological polar surface area (TPSA) is 75.6 Å². The normalized spacial score (nSPS) is 10.2. The zero-order chi connectivity index (χ0) is 17.5. The van der Waals surface area contributed by atoms with Crippen LogP contribution >= 0.6 is 11.6 Å². The van der Waals surface area contributed by atoms with Gasteiger partial charge in [-0.15, -0.1) is 0 Å². The molecule has 2 rings (SSSR count). The molecule has 0 saturated carbocycles. The van der Waals surface area contributed by atoms with Gasteiger partial charge in [-0.3, -0.25) is 4.79 Å². The van der Waals surface area contributed by atoms with Gasteiger partial charge < -0.3 is 15.2 Å². The number of carbonyl (C=O) groups is 2. The molecule has 0 spiro atoms. The number of rotatable bonds is 7. The van der Waals surface area contributed by atoms with E-state index in [4.69, 9.17) is 21.4 Å².